The third-order valence-corrected chi connectivity index (χ3v) is 12.0. The predicted molar refractivity (Wildman–Crippen MR) is 153 cm³/mol. The van der Waals surface area contributed by atoms with Gasteiger partial charge in [-0.25, -0.2) is 5.01 Å². The molecule has 3 aliphatic rings. The highest BCUT2D eigenvalue weighted by Crippen LogP contribution is 2.77. The number of Topliss-reactive ketones (excluding diaryl/α,β-unsaturated/α-hetero) is 1. The molecule has 2 aromatic rings. The fourth-order valence-corrected chi connectivity index (χ4v) is 8.49. The van der Waals surface area contributed by atoms with Crippen LogP contribution >= 0.6 is 69.6 Å². The molecule has 5 rings (SSSR count). The molecular formula is C26H17Cl6N3O6. The number of rotatable bonds is 6. The first-order valence-corrected chi connectivity index (χ1v) is 14.2. The SMILES string of the molecule is Cc1ccc(C(=O)[C@H](C)N(C(=O)c2ccc([N+](=O)[O-])cc2)N2C(=O)[C@H]3[C@H](C2=O)[C@@]2(Cl)C(Cl)=C(Cl)[C@@]3(Cl)C2(Cl)Cl)cc1. The summed E-state index contributed by atoms with van der Waals surface area (Å²) in [7, 11) is 0. The lowest BCUT2D eigenvalue weighted by atomic mass is 9.84. The summed E-state index contributed by atoms with van der Waals surface area (Å²) in [6.45, 7) is 3.14. The molecule has 2 aliphatic carbocycles. The molecule has 41 heavy (non-hydrogen) atoms. The highest BCUT2D eigenvalue weighted by molar-refractivity contribution is 6.66. The molecule has 0 aromatic heterocycles. The molecule has 1 saturated heterocycles. The zero-order valence-corrected chi connectivity index (χ0v) is 25.4. The number of nitrogens with zero attached hydrogens (tertiary/aromatic N) is 3. The Hall–Kier alpha value is -2.40. The summed E-state index contributed by atoms with van der Waals surface area (Å²) in [5.74, 6) is -6.77. The number of fused-ring (bicyclic) bond motifs is 5. The smallest absolute Gasteiger partial charge is 0.273 e. The second-order valence-corrected chi connectivity index (χ2v) is 13.2. The quantitative estimate of drug-likeness (QED) is 0.122. The van der Waals surface area contributed by atoms with Crippen LogP contribution in [0.25, 0.3) is 0 Å². The lowest BCUT2D eigenvalue weighted by molar-refractivity contribution is -0.384. The second-order valence-electron chi connectivity index (χ2n) is 9.93. The number of halogens is 6. The average Bonchev–Trinajstić information content (AvgIpc) is 3.32. The van der Waals surface area contributed by atoms with Gasteiger partial charge in [0.1, 0.15) is 15.8 Å². The number of non-ortho nitro benzene ring substituents is 1. The van der Waals surface area contributed by atoms with E-state index in [2.05, 4.69) is 0 Å². The third-order valence-electron chi connectivity index (χ3n) is 7.72. The standard InChI is InChI=1S/C26H17Cl6N3O6/c1-11-3-5-13(6-4-11)18(36)12(2)33(21(37)14-7-9-15(10-8-14)35(40)41)34-22(38)16-17(23(34)39)25(30)20(28)19(27)24(16,29)26(25,31)32/h3-10,12,16-17H,1-2H3/t12-,16+,17+,24+,25+/m0/s1. The van der Waals surface area contributed by atoms with Crippen molar-refractivity contribution >= 4 is 98.8 Å². The van der Waals surface area contributed by atoms with E-state index < -0.39 is 60.4 Å². The molecule has 0 N–H and O–H groups in total. The van der Waals surface area contributed by atoms with Crippen molar-refractivity contribution in [3.63, 3.8) is 0 Å². The average molecular weight is 680 g/mol. The van der Waals surface area contributed by atoms with Crippen molar-refractivity contribution < 1.29 is 24.1 Å². The number of aryl methyl sites for hydroxylation is 1. The lowest BCUT2D eigenvalue weighted by Crippen LogP contribution is -2.59. The van der Waals surface area contributed by atoms with E-state index in [-0.39, 0.29) is 26.9 Å². The Balaban J connectivity index is 1.63. The number of hydrazine groups is 1. The van der Waals surface area contributed by atoms with E-state index >= 15 is 0 Å². The maximum Gasteiger partial charge on any atom is 0.273 e. The summed E-state index contributed by atoms with van der Waals surface area (Å²) in [6, 6.07) is 9.41. The van der Waals surface area contributed by atoms with Crippen molar-refractivity contribution in [1.82, 2.24) is 10.0 Å². The van der Waals surface area contributed by atoms with Gasteiger partial charge in [-0.2, -0.15) is 5.01 Å². The van der Waals surface area contributed by atoms with Crippen LogP contribution in [-0.4, -0.2) is 58.6 Å². The number of amides is 3. The Morgan fingerprint density at radius 1 is 0.878 bits per heavy atom. The van der Waals surface area contributed by atoms with E-state index in [4.69, 9.17) is 69.6 Å². The number of allylic oxidation sites excluding steroid dienone is 2. The number of nitro benzene ring substituents is 1. The lowest BCUT2D eigenvalue weighted by Gasteiger charge is -2.38. The largest absolute Gasteiger partial charge is 0.292 e. The highest BCUT2D eigenvalue weighted by atomic mass is 35.5. The molecule has 0 spiro atoms. The minimum atomic E-state index is -2.19. The molecule has 2 fully saturated rings. The number of carbonyl (C=O) groups is 4. The monoisotopic (exact) mass is 677 g/mol. The van der Waals surface area contributed by atoms with Crippen molar-refractivity contribution in [1.29, 1.82) is 0 Å². The van der Waals surface area contributed by atoms with E-state index in [1.54, 1.807) is 12.1 Å². The van der Waals surface area contributed by atoms with Crippen LogP contribution in [0.2, 0.25) is 0 Å². The van der Waals surface area contributed by atoms with Gasteiger partial charge in [-0.05, 0) is 26.0 Å². The van der Waals surface area contributed by atoms with E-state index in [1.807, 2.05) is 6.92 Å². The molecule has 2 bridgehead atoms. The van der Waals surface area contributed by atoms with Gasteiger partial charge in [0.25, 0.3) is 23.4 Å². The van der Waals surface area contributed by atoms with Crippen LogP contribution in [0.3, 0.4) is 0 Å². The van der Waals surface area contributed by atoms with Crippen LogP contribution in [0.1, 0.15) is 33.2 Å². The number of carbonyl (C=O) groups excluding carboxylic acids is 4. The second kappa shape index (κ2) is 9.82. The first-order valence-electron chi connectivity index (χ1n) is 11.9. The van der Waals surface area contributed by atoms with E-state index in [0.29, 0.717) is 10.0 Å². The van der Waals surface area contributed by atoms with Gasteiger partial charge in [0, 0.05) is 23.3 Å². The molecule has 2 aromatic carbocycles. The number of benzene rings is 2. The summed E-state index contributed by atoms with van der Waals surface area (Å²) in [5.41, 5.74) is 0.604. The maximum atomic E-state index is 14.0. The van der Waals surface area contributed by atoms with Crippen LogP contribution in [-0.2, 0) is 9.59 Å². The number of imide groups is 1. The number of alkyl halides is 4. The molecule has 1 heterocycles. The van der Waals surface area contributed by atoms with Gasteiger partial charge in [0.05, 0.1) is 26.8 Å². The molecule has 9 nitrogen and oxygen atoms in total. The molecule has 0 radical (unpaired) electrons. The summed E-state index contributed by atoms with van der Waals surface area (Å²) >= 11 is 39.4. The summed E-state index contributed by atoms with van der Waals surface area (Å²) < 4.78 is -2.19. The molecule has 1 saturated carbocycles. The van der Waals surface area contributed by atoms with Crippen molar-refractivity contribution in [2.75, 3.05) is 0 Å². The van der Waals surface area contributed by atoms with Crippen molar-refractivity contribution in [3.8, 4) is 0 Å². The highest BCUT2D eigenvalue weighted by Gasteiger charge is 2.88. The zero-order chi connectivity index (χ0) is 30.4. The minimum Gasteiger partial charge on any atom is -0.292 e. The van der Waals surface area contributed by atoms with Crippen LogP contribution in [0, 0.1) is 28.9 Å². The van der Waals surface area contributed by atoms with Crippen LogP contribution < -0.4 is 0 Å². The Labute approximate surface area is 262 Å². The van der Waals surface area contributed by atoms with E-state index in [0.717, 1.165) is 29.8 Å². The van der Waals surface area contributed by atoms with Crippen molar-refractivity contribution in [2.24, 2.45) is 11.8 Å². The molecule has 214 valence electrons. The molecule has 5 atom stereocenters. The summed E-state index contributed by atoms with van der Waals surface area (Å²) in [5, 5.41) is 11.7. The van der Waals surface area contributed by atoms with Crippen molar-refractivity contribution in [2.45, 2.75) is 34.0 Å². The summed E-state index contributed by atoms with van der Waals surface area (Å²) in [6.07, 6.45) is 0. The Kier molecular flexibility index (Phi) is 7.21. The van der Waals surface area contributed by atoms with E-state index in [1.165, 1.54) is 19.1 Å². The van der Waals surface area contributed by atoms with Gasteiger partial charge in [0.2, 0.25) is 0 Å². The number of ketones is 1. The molecule has 0 unspecified atom stereocenters. The van der Waals surface area contributed by atoms with Gasteiger partial charge in [-0.1, -0.05) is 76.2 Å². The molecule has 1 aliphatic heterocycles. The number of hydrogen-bond acceptors (Lipinski definition) is 6. The fraction of sp³-hybridized carbons (Fsp3) is 0.308. The van der Waals surface area contributed by atoms with Gasteiger partial charge < -0.3 is 0 Å². The summed E-state index contributed by atoms with van der Waals surface area (Å²) in [4.78, 5) is 61.8. The van der Waals surface area contributed by atoms with E-state index in [9.17, 15) is 29.3 Å². The van der Waals surface area contributed by atoms with Crippen LogP contribution in [0.5, 0.6) is 0 Å². The number of hydrogen-bond donors (Lipinski definition) is 0. The molecule has 15 heteroatoms. The Morgan fingerprint density at radius 3 is 1.76 bits per heavy atom. The zero-order valence-electron chi connectivity index (χ0n) is 20.9. The minimum absolute atomic E-state index is 0.154. The first kappa shape index (κ1) is 30.1. The topological polar surface area (TPSA) is 118 Å². The van der Waals surface area contributed by atoms with Crippen LogP contribution in [0.15, 0.2) is 58.6 Å². The molecule has 3 amide bonds. The Morgan fingerprint density at radius 2 is 1.32 bits per heavy atom. The van der Waals surface area contributed by atoms with Gasteiger partial charge in [-0.15, -0.1) is 23.2 Å². The fourth-order valence-electron chi connectivity index (χ4n) is 5.56. The van der Waals surface area contributed by atoms with Crippen LogP contribution in [0.4, 0.5) is 5.69 Å². The van der Waals surface area contributed by atoms with Gasteiger partial charge in [0.15, 0.2) is 10.1 Å². The predicted octanol–water partition coefficient (Wildman–Crippen LogP) is 5.98. The third kappa shape index (κ3) is 3.83. The maximum absolute atomic E-state index is 14.0. The van der Waals surface area contributed by atoms with Gasteiger partial charge >= 0.3 is 0 Å². The first-order chi connectivity index (χ1) is 19.0. The molecular weight excluding hydrogens is 663 g/mol. The van der Waals surface area contributed by atoms with Gasteiger partial charge in [-0.3, -0.25) is 29.3 Å². The number of nitro groups is 1. The Bertz CT molecular complexity index is 1530. The normalized spacial score (nSPS) is 28.6. The van der Waals surface area contributed by atoms with Crippen molar-refractivity contribution in [3.05, 3.63) is 85.4 Å².